The molecule has 1 aliphatic carbocycles. The number of hydrogen-bond donors (Lipinski definition) is 2. The van der Waals surface area contributed by atoms with E-state index >= 15 is 0 Å². The first-order valence-corrected chi connectivity index (χ1v) is 7.99. The van der Waals surface area contributed by atoms with Gasteiger partial charge in [0.25, 0.3) is 0 Å². The average Bonchev–Trinajstić information content (AvgIpc) is 2.86. The molecule has 0 aromatic heterocycles. The van der Waals surface area contributed by atoms with E-state index in [9.17, 15) is 26.7 Å². The first kappa shape index (κ1) is 16.3. The van der Waals surface area contributed by atoms with Crippen molar-refractivity contribution in [3.63, 3.8) is 0 Å². The second-order valence-corrected chi connectivity index (χ2v) is 6.96. The molecule has 0 radical (unpaired) electrons. The second-order valence-electron chi connectivity index (χ2n) is 5.28. The maximum absolute atomic E-state index is 12.6. The molecule has 0 heterocycles. The fraction of sp³-hybridized carbons (Fsp3) is 0.538. The Morgan fingerprint density at radius 1 is 1.24 bits per heavy atom. The van der Waals surface area contributed by atoms with Crippen LogP contribution < -0.4 is 4.72 Å². The Hall–Kier alpha value is -1.12. The molecule has 2 N–H and O–H groups in total. The summed E-state index contributed by atoms with van der Waals surface area (Å²) in [5.74, 6) is 0. The van der Waals surface area contributed by atoms with Crippen molar-refractivity contribution in [3.8, 4) is 0 Å². The lowest BCUT2D eigenvalue weighted by atomic mass is 10.0. The number of aliphatic hydroxyl groups is 1. The predicted molar refractivity (Wildman–Crippen MR) is 70.1 cm³/mol. The van der Waals surface area contributed by atoms with E-state index in [0.717, 1.165) is 31.0 Å². The summed E-state index contributed by atoms with van der Waals surface area (Å²) in [6.45, 7) is -0.370. The molecular formula is C13H16F3NO3S. The third kappa shape index (κ3) is 3.56. The molecule has 4 nitrogen and oxygen atoms in total. The van der Waals surface area contributed by atoms with Gasteiger partial charge in [-0.1, -0.05) is 18.9 Å². The number of nitrogens with one attached hydrogen (secondary N) is 1. The van der Waals surface area contributed by atoms with Crippen LogP contribution in [0.1, 0.15) is 31.2 Å². The highest BCUT2D eigenvalue weighted by Crippen LogP contribution is 2.33. The molecule has 1 aromatic rings. The fourth-order valence-electron chi connectivity index (χ4n) is 2.53. The minimum atomic E-state index is -4.60. The highest BCUT2D eigenvalue weighted by molar-refractivity contribution is 7.89. The van der Waals surface area contributed by atoms with Gasteiger partial charge in [-0.15, -0.1) is 0 Å². The van der Waals surface area contributed by atoms with Crippen LogP contribution in [0.25, 0.3) is 0 Å². The Morgan fingerprint density at radius 2 is 1.86 bits per heavy atom. The maximum atomic E-state index is 12.6. The van der Waals surface area contributed by atoms with Gasteiger partial charge in [0.1, 0.15) is 0 Å². The van der Waals surface area contributed by atoms with Gasteiger partial charge < -0.3 is 5.11 Å². The van der Waals surface area contributed by atoms with Crippen molar-refractivity contribution in [2.24, 2.45) is 0 Å². The van der Waals surface area contributed by atoms with E-state index in [1.165, 1.54) is 0 Å². The molecular weight excluding hydrogens is 307 g/mol. The summed E-state index contributed by atoms with van der Waals surface area (Å²) in [6.07, 6.45) is -2.12. The van der Waals surface area contributed by atoms with Crippen LogP contribution in [0.3, 0.4) is 0 Å². The van der Waals surface area contributed by atoms with Gasteiger partial charge in [0.2, 0.25) is 10.0 Å². The first-order valence-electron chi connectivity index (χ1n) is 6.51. The lowest BCUT2D eigenvalue weighted by Crippen LogP contribution is -2.49. The van der Waals surface area contributed by atoms with Crippen molar-refractivity contribution >= 4 is 10.0 Å². The number of rotatable bonds is 4. The average molecular weight is 323 g/mol. The summed E-state index contributed by atoms with van der Waals surface area (Å²) >= 11 is 0. The number of aliphatic hydroxyl groups excluding tert-OH is 1. The van der Waals surface area contributed by atoms with Crippen LogP contribution in [0.15, 0.2) is 29.2 Å². The van der Waals surface area contributed by atoms with E-state index in [1.54, 1.807) is 0 Å². The summed E-state index contributed by atoms with van der Waals surface area (Å²) in [7, 11) is -4.11. The van der Waals surface area contributed by atoms with Gasteiger partial charge in [-0.2, -0.15) is 13.2 Å². The lowest BCUT2D eigenvalue weighted by Gasteiger charge is -2.27. The Balaban J connectivity index is 2.32. The van der Waals surface area contributed by atoms with Crippen LogP contribution in [-0.2, 0) is 16.2 Å². The van der Waals surface area contributed by atoms with E-state index in [1.807, 2.05) is 0 Å². The third-order valence-electron chi connectivity index (χ3n) is 3.69. The topological polar surface area (TPSA) is 66.4 Å². The Bertz CT molecular complexity index is 607. The van der Waals surface area contributed by atoms with E-state index < -0.39 is 32.2 Å². The largest absolute Gasteiger partial charge is 0.416 e. The minimum Gasteiger partial charge on any atom is -0.394 e. The Labute approximate surface area is 121 Å². The van der Waals surface area contributed by atoms with Gasteiger partial charge in [0.05, 0.1) is 22.6 Å². The summed E-state index contributed by atoms with van der Waals surface area (Å²) < 4.78 is 64.8. The van der Waals surface area contributed by atoms with Crippen molar-refractivity contribution < 1.29 is 26.7 Å². The van der Waals surface area contributed by atoms with Gasteiger partial charge in [0, 0.05) is 0 Å². The molecule has 118 valence electrons. The lowest BCUT2D eigenvalue weighted by molar-refractivity contribution is -0.137. The third-order valence-corrected chi connectivity index (χ3v) is 5.26. The van der Waals surface area contributed by atoms with Crippen molar-refractivity contribution in [1.29, 1.82) is 0 Å². The molecule has 0 bridgehead atoms. The molecule has 1 fully saturated rings. The number of halogens is 3. The summed E-state index contributed by atoms with van der Waals surface area (Å²) in [5.41, 5.74) is -1.98. The van der Waals surface area contributed by atoms with E-state index in [2.05, 4.69) is 4.72 Å². The summed E-state index contributed by atoms with van der Waals surface area (Å²) in [6, 6.07) is 3.58. The summed E-state index contributed by atoms with van der Waals surface area (Å²) in [4.78, 5) is -0.447. The second kappa shape index (κ2) is 5.58. The van der Waals surface area contributed by atoms with E-state index in [-0.39, 0.29) is 6.61 Å². The quantitative estimate of drug-likeness (QED) is 0.893. The number of alkyl halides is 3. The van der Waals surface area contributed by atoms with Crippen LogP contribution in [0.2, 0.25) is 0 Å². The van der Waals surface area contributed by atoms with Gasteiger partial charge in [-0.3, -0.25) is 0 Å². The van der Waals surface area contributed by atoms with Gasteiger partial charge in [-0.05, 0) is 31.0 Å². The normalized spacial score (nSPS) is 18.9. The SMILES string of the molecule is O=S(=O)(NC1(CO)CCCC1)c1cccc(C(F)(F)F)c1. The van der Waals surface area contributed by atoms with Gasteiger partial charge >= 0.3 is 6.18 Å². The van der Waals surface area contributed by atoms with Crippen molar-refractivity contribution in [1.82, 2.24) is 4.72 Å². The zero-order valence-electron chi connectivity index (χ0n) is 11.2. The molecule has 0 saturated heterocycles. The standard InChI is InChI=1S/C13H16F3NO3S/c14-13(15,16)10-4-3-5-11(8-10)21(19,20)17-12(9-18)6-1-2-7-12/h3-5,8,17-18H,1-2,6-7,9H2. The van der Waals surface area contributed by atoms with Crippen molar-refractivity contribution in [2.75, 3.05) is 6.61 Å². The zero-order valence-corrected chi connectivity index (χ0v) is 12.0. The van der Waals surface area contributed by atoms with Crippen molar-refractivity contribution in [2.45, 2.75) is 42.3 Å². The predicted octanol–water partition coefficient (Wildman–Crippen LogP) is 2.29. The van der Waals surface area contributed by atoms with Gasteiger partial charge in [-0.25, -0.2) is 13.1 Å². The van der Waals surface area contributed by atoms with Gasteiger partial charge in [0.15, 0.2) is 0 Å². The van der Waals surface area contributed by atoms with Crippen LogP contribution in [0, 0.1) is 0 Å². The Kier molecular flexibility index (Phi) is 4.32. The molecule has 0 amide bonds. The highest BCUT2D eigenvalue weighted by Gasteiger charge is 2.38. The molecule has 1 aliphatic rings. The fourth-order valence-corrected chi connectivity index (χ4v) is 4.02. The Morgan fingerprint density at radius 3 is 2.38 bits per heavy atom. The number of hydrogen-bond acceptors (Lipinski definition) is 3. The first-order chi connectivity index (χ1) is 9.69. The van der Waals surface area contributed by atoms with Crippen LogP contribution in [-0.4, -0.2) is 25.7 Å². The number of sulfonamides is 1. The van der Waals surface area contributed by atoms with E-state index in [0.29, 0.717) is 18.9 Å². The molecule has 1 saturated carbocycles. The van der Waals surface area contributed by atoms with Crippen LogP contribution >= 0.6 is 0 Å². The molecule has 21 heavy (non-hydrogen) atoms. The molecule has 1 aromatic carbocycles. The monoisotopic (exact) mass is 323 g/mol. The molecule has 0 unspecified atom stereocenters. The smallest absolute Gasteiger partial charge is 0.394 e. The molecule has 2 rings (SSSR count). The minimum absolute atomic E-state index is 0.370. The van der Waals surface area contributed by atoms with E-state index in [4.69, 9.17) is 0 Å². The molecule has 0 atom stereocenters. The molecule has 0 spiro atoms. The summed E-state index contributed by atoms with van der Waals surface area (Å²) in [5, 5.41) is 9.40. The van der Waals surface area contributed by atoms with Crippen LogP contribution in [0.4, 0.5) is 13.2 Å². The zero-order chi connectivity index (χ0) is 15.7. The van der Waals surface area contributed by atoms with Crippen molar-refractivity contribution in [3.05, 3.63) is 29.8 Å². The number of benzene rings is 1. The maximum Gasteiger partial charge on any atom is 0.416 e. The van der Waals surface area contributed by atoms with Crippen LogP contribution in [0.5, 0.6) is 0 Å². The highest BCUT2D eigenvalue weighted by atomic mass is 32.2. The molecule has 8 heteroatoms. The molecule has 0 aliphatic heterocycles.